The van der Waals surface area contributed by atoms with Crippen molar-refractivity contribution < 1.29 is 14.0 Å². The lowest BCUT2D eigenvalue weighted by Crippen LogP contribution is -2.43. The molecular formula is C19H26O3Si. The first-order valence-corrected chi connectivity index (χ1v) is 11.0. The molecule has 0 atom stereocenters. The van der Waals surface area contributed by atoms with Crippen molar-refractivity contribution >= 4 is 25.1 Å². The fourth-order valence-electron chi connectivity index (χ4n) is 2.12. The van der Waals surface area contributed by atoms with Crippen LogP contribution < -0.4 is 4.43 Å². The molecule has 0 bridgehead atoms. The van der Waals surface area contributed by atoms with Crippen LogP contribution in [-0.2, 0) is 4.74 Å². The van der Waals surface area contributed by atoms with Crippen LogP contribution in [0.15, 0.2) is 36.4 Å². The smallest absolute Gasteiger partial charge is 0.338 e. The molecule has 0 saturated heterocycles. The molecule has 0 heterocycles. The summed E-state index contributed by atoms with van der Waals surface area (Å²) in [6, 6.07) is 11.7. The SMILES string of the molecule is CCOC(=O)c1cc(O[Si](C)(C)C(C)(C)C)c2ccccc2c1. The first kappa shape index (κ1) is 17.5. The average Bonchev–Trinajstić information content (AvgIpc) is 2.46. The zero-order valence-electron chi connectivity index (χ0n) is 14.9. The third kappa shape index (κ3) is 3.75. The number of fused-ring (bicyclic) bond motifs is 1. The lowest BCUT2D eigenvalue weighted by Gasteiger charge is -2.36. The molecule has 23 heavy (non-hydrogen) atoms. The first-order chi connectivity index (χ1) is 10.7. The van der Waals surface area contributed by atoms with Gasteiger partial charge in [-0.3, -0.25) is 0 Å². The molecule has 0 aromatic heterocycles. The standard InChI is InChI=1S/C19H26O3Si/c1-7-21-18(20)15-12-14-10-8-9-11-16(14)17(13-15)22-23(5,6)19(2,3)4/h8-13H,7H2,1-6H3. The first-order valence-electron chi connectivity index (χ1n) is 8.04. The molecule has 2 aromatic rings. The fraction of sp³-hybridized carbons (Fsp3) is 0.421. The van der Waals surface area contributed by atoms with Crippen molar-refractivity contribution in [1.82, 2.24) is 0 Å². The summed E-state index contributed by atoms with van der Waals surface area (Å²) in [7, 11) is -1.99. The van der Waals surface area contributed by atoms with Gasteiger partial charge in [0.1, 0.15) is 5.75 Å². The van der Waals surface area contributed by atoms with Crippen molar-refractivity contribution in [3.63, 3.8) is 0 Å². The molecule has 0 radical (unpaired) electrons. The Morgan fingerprint density at radius 3 is 2.39 bits per heavy atom. The Morgan fingerprint density at radius 1 is 1.13 bits per heavy atom. The quantitative estimate of drug-likeness (QED) is 0.556. The van der Waals surface area contributed by atoms with Crippen LogP contribution in [0.4, 0.5) is 0 Å². The molecule has 3 nitrogen and oxygen atoms in total. The highest BCUT2D eigenvalue weighted by atomic mass is 28.4. The third-order valence-electron chi connectivity index (χ3n) is 4.51. The molecule has 124 valence electrons. The van der Waals surface area contributed by atoms with E-state index in [1.165, 1.54) is 0 Å². The number of carbonyl (C=O) groups excluding carboxylic acids is 1. The van der Waals surface area contributed by atoms with E-state index in [0.717, 1.165) is 16.5 Å². The molecule has 0 aliphatic rings. The minimum Gasteiger partial charge on any atom is -0.543 e. The van der Waals surface area contributed by atoms with Crippen LogP contribution >= 0.6 is 0 Å². The Labute approximate surface area is 139 Å². The lowest BCUT2D eigenvalue weighted by molar-refractivity contribution is 0.0526. The summed E-state index contributed by atoms with van der Waals surface area (Å²) in [6.45, 7) is 13.2. The summed E-state index contributed by atoms with van der Waals surface area (Å²) in [5, 5.41) is 2.12. The van der Waals surface area contributed by atoms with Gasteiger partial charge in [0.05, 0.1) is 12.2 Å². The highest BCUT2D eigenvalue weighted by Gasteiger charge is 2.39. The van der Waals surface area contributed by atoms with Crippen molar-refractivity contribution in [2.75, 3.05) is 6.61 Å². The molecule has 0 N–H and O–H groups in total. The average molecular weight is 330 g/mol. The number of hydrogen-bond acceptors (Lipinski definition) is 3. The molecule has 0 saturated carbocycles. The normalized spacial score (nSPS) is 12.3. The number of esters is 1. The van der Waals surface area contributed by atoms with E-state index in [1.807, 2.05) is 43.3 Å². The van der Waals surface area contributed by atoms with E-state index in [0.29, 0.717) is 12.2 Å². The van der Waals surface area contributed by atoms with Crippen LogP contribution in [0.2, 0.25) is 18.1 Å². The summed E-state index contributed by atoms with van der Waals surface area (Å²) in [5.41, 5.74) is 0.541. The van der Waals surface area contributed by atoms with E-state index in [4.69, 9.17) is 9.16 Å². The zero-order chi connectivity index (χ0) is 17.3. The minimum atomic E-state index is -1.99. The maximum Gasteiger partial charge on any atom is 0.338 e. The van der Waals surface area contributed by atoms with Gasteiger partial charge in [-0.1, -0.05) is 45.0 Å². The van der Waals surface area contributed by atoms with Crippen LogP contribution in [0.5, 0.6) is 5.75 Å². The molecule has 2 aromatic carbocycles. The molecule has 0 aliphatic heterocycles. The maximum absolute atomic E-state index is 12.1. The van der Waals surface area contributed by atoms with Crippen molar-refractivity contribution in [2.24, 2.45) is 0 Å². The van der Waals surface area contributed by atoms with Gasteiger partial charge in [-0.15, -0.1) is 0 Å². The Hall–Kier alpha value is -1.81. The minimum absolute atomic E-state index is 0.0913. The maximum atomic E-state index is 12.1. The Bertz CT molecular complexity index is 714. The second-order valence-electron chi connectivity index (χ2n) is 7.28. The summed E-state index contributed by atoms with van der Waals surface area (Å²) < 4.78 is 11.6. The predicted molar refractivity (Wildman–Crippen MR) is 97.7 cm³/mol. The van der Waals surface area contributed by atoms with Gasteiger partial charge >= 0.3 is 5.97 Å². The second kappa shape index (κ2) is 6.36. The highest BCUT2D eigenvalue weighted by molar-refractivity contribution is 6.74. The largest absolute Gasteiger partial charge is 0.543 e. The molecule has 0 amide bonds. The van der Waals surface area contributed by atoms with Crippen molar-refractivity contribution in [1.29, 1.82) is 0 Å². The van der Waals surface area contributed by atoms with Gasteiger partial charge in [-0.25, -0.2) is 4.79 Å². The fourth-order valence-corrected chi connectivity index (χ4v) is 3.15. The number of benzene rings is 2. The van der Waals surface area contributed by atoms with Gasteiger partial charge in [0, 0.05) is 5.39 Å². The summed E-state index contributed by atoms with van der Waals surface area (Å²) in [5.74, 6) is 0.469. The molecule has 0 unspecified atom stereocenters. The van der Waals surface area contributed by atoms with Crippen molar-refractivity contribution in [2.45, 2.75) is 45.8 Å². The van der Waals surface area contributed by atoms with E-state index in [2.05, 4.69) is 33.9 Å². The lowest BCUT2D eigenvalue weighted by atomic mass is 10.1. The second-order valence-corrected chi connectivity index (χ2v) is 12.0. The van der Waals surface area contributed by atoms with E-state index < -0.39 is 8.32 Å². The van der Waals surface area contributed by atoms with E-state index in [-0.39, 0.29) is 11.0 Å². The Kier molecular flexibility index (Phi) is 4.85. The summed E-state index contributed by atoms with van der Waals surface area (Å²) in [6.07, 6.45) is 0. The van der Waals surface area contributed by atoms with E-state index >= 15 is 0 Å². The number of ether oxygens (including phenoxy) is 1. The van der Waals surface area contributed by atoms with Gasteiger partial charge in [0.2, 0.25) is 0 Å². The third-order valence-corrected chi connectivity index (χ3v) is 8.85. The van der Waals surface area contributed by atoms with E-state index in [9.17, 15) is 4.79 Å². The zero-order valence-corrected chi connectivity index (χ0v) is 15.9. The van der Waals surface area contributed by atoms with Crippen LogP contribution in [0.3, 0.4) is 0 Å². The molecule has 0 aliphatic carbocycles. The van der Waals surface area contributed by atoms with Crippen LogP contribution in [-0.4, -0.2) is 20.9 Å². The van der Waals surface area contributed by atoms with Gasteiger partial charge in [0.15, 0.2) is 0 Å². The number of hydrogen-bond donors (Lipinski definition) is 0. The van der Waals surface area contributed by atoms with Crippen LogP contribution in [0.1, 0.15) is 38.1 Å². The number of carbonyl (C=O) groups is 1. The molecule has 2 rings (SSSR count). The molecule has 0 spiro atoms. The Balaban J connectivity index is 2.55. The summed E-state index contributed by atoms with van der Waals surface area (Å²) >= 11 is 0. The van der Waals surface area contributed by atoms with Crippen molar-refractivity contribution in [3.8, 4) is 5.75 Å². The topological polar surface area (TPSA) is 35.5 Å². The Morgan fingerprint density at radius 2 is 1.78 bits per heavy atom. The number of rotatable bonds is 4. The van der Waals surface area contributed by atoms with Gasteiger partial charge in [-0.05, 0) is 42.6 Å². The molecule has 4 heteroatoms. The van der Waals surface area contributed by atoms with E-state index in [1.54, 1.807) is 0 Å². The predicted octanol–water partition coefficient (Wildman–Crippen LogP) is 5.40. The van der Waals surface area contributed by atoms with Gasteiger partial charge in [-0.2, -0.15) is 0 Å². The van der Waals surface area contributed by atoms with Gasteiger partial charge < -0.3 is 9.16 Å². The summed E-state index contributed by atoms with van der Waals surface area (Å²) in [4.78, 5) is 12.1. The van der Waals surface area contributed by atoms with Gasteiger partial charge in [0.25, 0.3) is 8.32 Å². The van der Waals surface area contributed by atoms with Crippen LogP contribution in [0.25, 0.3) is 10.8 Å². The molecule has 0 fully saturated rings. The molecular weight excluding hydrogens is 304 g/mol. The van der Waals surface area contributed by atoms with Crippen LogP contribution in [0, 0.1) is 0 Å². The van der Waals surface area contributed by atoms with Crippen molar-refractivity contribution in [3.05, 3.63) is 42.0 Å². The highest BCUT2D eigenvalue weighted by Crippen LogP contribution is 2.39. The monoisotopic (exact) mass is 330 g/mol.